The van der Waals surface area contributed by atoms with E-state index in [1.54, 1.807) is 0 Å². The Bertz CT molecular complexity index is 1900. The van der Waals surface area contributed by atoms with E-state index in [1.807, 2.05) is 0 Å². The standard InChI is InChI=1S/C31H23F34NO5/c32-16(33,18(36,37)20(40,41)22(44,45)24(48,49)26(52,53)28(56,57)30(60,61)62)9-1-3-11(67)5-6-12(66-14(69)7-8-15(70)71)13(68)4-2-10-17(34,35)19(38,39)21(42,43)23(46,47)25(50,51)27(54,55)29(58,59)31(63,64)65/h12H,1-10H2,(H,66,69)(H,70,71). The van der Waals surface area contributed by atoms with Crippen molar-refractivity contribution < 1.29 is 174 Å². The molecule has 71 heavy (non-hydrogen) atoms. The van der Waals surface area contributed by atoms with Gasteiger partial charge >= 0.3 is 101 Å². The largest absolute Gasteiger partial charge is 0.481 e. The summed E-state index contributed by atoms with van der Waals surface area (Å²) in [6, 6.07) is -2.59. The van der Waals surface area contributed by atoms with Crippen molar-refractivity contribution in [1.82, 2.24) is 5.32 Å². The van der Waals surface area contributed by atoms with Gasteiger partial charge in [-0.05, 0) is 19.3 Å². The number of halogens is 34. The molecular weight excluding hydrogens is 1110 g/mol. The van der Waals surface area contributed by atoms with Crippen molar-refractivity contribution in [3.8, 4) is 0 Å². The number of carbonyl (C=O) groups excluding carboxylic acids is 3. The minimum Gasteiger partial charge on any atom is -0.481 e. The van der Waals surface area contributed by atoms with Crippen molar-refractivity contribution >= 4 is 23.4 Å². The number of Topliss-reactive ketones (excluding diaryl/α,β-unsaturated/α-hetero) is 2. The molecule has 0 saturated carbocycles. The van der Waals surface area contributed by atoms with E-state index in [2.05, 4.69) is 0 Å². The fraction of sp³-hybridized carbons (Fsp3) is 0.871. The smallest absolute Gasteiger partial charge is 0.460 e. The maximum absolute atomic E-state index is 14.3. The first-order chi connectivity index (χ1) is 30.7. The first-order valence-corrected chi connectivity index (χ1v) is 17.7. The third-order valence-electron chi connectivity index (χ3n) is 9.44. The zero-order chi connectivity index (χ0) is 57.7. The normalized spacial score (nSPS) is 16.0. The minimum absolute atomic E-state index is 1.21. The predicted molar refractivity (Wildman–Crippen MR) is 157 cm³/mol. The van der Waals surface area contributed by atoms with Crippen LogP contribution in [0, 0.1) is 0 Å². The first kappa shape index (κ1) is 66.9. The molecule has 40 heteroatoms. The number of ketones is 2. The Kier molecular flexibility index (Phi) is 18.8. The molecule has 0 bridgehead atoms. The number of alkyl halides is 34. The zero-order valence-electron chi connectivity index (χ0n) is 33.1. The Hall–Kier alpha value is -4.10. The molecule has 0 fully saturated rings. The third-order valence-corrected chi connectivity index (χ3v) is 9.44. The lowest BCUT2D eigenvalue weighted by Crippen LogP contribution is -2.74. The number of carbonyl (C=O) groups is 4. The van der Waals surface area contributed by atoms with Crippen molar-refractivity contribution in [3.05, 3.63) is 0 Å². The van der Waals surface area contributed by atoms with E-state index >= 15 is 0 Å². The first-order valence-electron chi connectivity index (χ1n) is 17.7. The number of hydrogen-bond donors (Lipinski definition) is 2. The molecule has 0 aliphatic carbocycles. The quantitative estimate of drug-likeness (QED) is 0.0760. The zero-order valence-corrected chi connectivity index (χ0v) is 33.1. The highest BCUT2D eigenvalue weighted by atomic mass is 19.4. The lowest BCUT2D eigenvalue weighted by Gasteiger charge is -2.42. The fourth-order valence-corrected chi connectivity index (χ4v) is 5.10. The highest BCUT2D eigenvalue weighted by molar-refractivity contribution is 5.90. The van der Waals surface area contributed by atoms with E-state index in [0.29, 0.717) is 0 Å². The van der Waals surface area contributed by atoms with Crippen molar-refractivity contribution in [2.45, 2.75) is 166 Å². The van der Waals surface area contributed by atoms with Crippen LogP contribution in [0.4, 0.5) is 149 Å². The van der Waals surface area contributed by atoms with Gasteiger partial charge in [0.15, 0.2) is 5.78 Å². The number of carboxylic acids is 1. The Labute approximate surface area is 368 Å². The molecule has 0 spiro atoms. The van der Waals surface area contributed by atoms with Crippen LogP contribution in [0.5, 0.6) is 0 Å². The Morgan fingerprint density at radius 3 is 0.887 bits per heavy atom. The van der Waals surface area contributed by atoms with Gasteiger partial charge in [-0.1, -0.05) is 0 Å². The van der Waals surface area contributed by atoms with Crippen molar-refractivity contribution in [2.75, 3.05) is 0 Å². The van der Waals surface area contributed by atoms with E-state index in [9.17, 15) is 168 Å². The molecule has 420 valence electrons. The van der Waals surface area contributed by atoms with Crippen LogP contribution in [0.25, 0.3) is 0 Å². The fourth-order valence-electron chi connectivity index (χ4n) is 5.10. The topological polar surface area (TPSA) is 101 Å². The van der Waals surface area contributed by atoms with Crippen LogP contribution < -0.4 is 5.32 Å². The highest BCUT2D eigenvalue weighted by Crippen LogP contribution is 2.66. The van der Waals surface area contributed by atoms with Gasteiger partial charge in [0, 0.05) is 38.5 Å². The van der Waals surface area contributed by atoms with Crippen LogP contribution in [0.3, 0.4) is 0 Å². The van der Waals surface area contributed by atoms with E-state index in [-0.39, 0.29) is 0 Å². The average Bonchev–Trinajstić information content (AvgIpc) is 3.16. The Balaban J connectivity index is 6.40. The number of carboxylic acid groups (broad SMARTS) is 1. The summed E-state index contributed by atoms with van der Waals surface area (Å²) >= 11 is 0. The van der Waals surface area contributed by atoms with Gasteiger partial charge in [-0.3, -0.25) is 19.2 Å². The summed E-state index contributed by atoms with van der Waals surface area (Å²) in [6.45, 7) is 0. The van der Waals surface area contributed by atoms with Gasteiger partial charge in [-0.25, -0.2) is 0 Å². The Morgan fingerprint density at radius 2 is 0.606 bits per heavy atom. The molecule has 1 unspecified atom stereocenters. The molecule has 0 saturated heterocycles. The lowest BCUT2D eigenvalue weighted by molar-refractivity contribution is -0.461. The molecule has 0 aliphatic rings. The molecule has 0 radical (unpaired) electrons. The molecule has 0 heterocycles. The second-order valence-corrected chi connectivity index (χ2v) is 14.6. The van der Waals surface area contributed by atoms with Crippen molar-refractivity contribution in [1.29, 1.82) is 0 Å². The van der Waals surface area contributed by atoms with E-state index in [4.69, 9.17) is 5.11 Å². The van der Waals surface area contributed by atoms with Gasteiger partial charge in [0.05, 0.1) is 12.5 Å². The Morgan fingerprint density at radius 1 is 0.338 bits per heavy atom. The van der Waals surface area contributed by atoms with E-state index in [1.165, 1.54) is 5.32 Å². The van der Waals surface area contributed by atoms with Crippen LogP contribution in [0.1, 0.15) is 64.2 Å². The molecule has 1 amide bonds. The average molecular weight is 1140 g/mol. The van der Waals surface area contributed by atoms with E-state index < -0.39 is 189 Å². The van der Waals surface area contributed by atoms with Crippen LogP contribution in [0.15, 0.2) is 0 Å². The van der Waals surface area contributed by atoms with Crippen LogP contribution in [-0.4, -0.2) is 130 Å². The van der Waals surface area contributed by atoms with Gasteiger partial charge in [-0.2, -0.15) is 149 Å². The summed E-state index contributed by atoms with van der Waals surface area (Å²) in [5.41, 5.74) is 0. The minimum atomic E-state index is -9.00. The number of amides is 1. The molecule has 1 atom stereocenters. The van der Waals surface area contributed by atoms with Crippen LogP contribution in [-0.2, 0) is 19.2 Å². The highest BCUT2D eigenvalue weighted by Gasteiger charge is 2.97. The summed E-state index contributed by atoms with van der Waals surface area (Å²) in [5, 5.41) is 10.0. The van der Waals surface area contributed by atoms with Gasteiger partial charge in [0.1, 0.15) is 5.78 Å². The van der Waals surface area contributed by atoms with Crippen LogP contribution >= 0.6 is 0 Å². The molecule has 0 aliphatic heterocycles. The second kappa shape index (κ2) is 20.0. The predicted octanol–water partition coefficient (Wildman–Crippen LogP) is 12.6. The van der Waals surface area contributed by atoms with Crippen molar-refractivity contribution in [2.24, 2.45) is 0 Å². The summed E-state index contributed by atoms with van der Waals surface area (Å²) in [4.78, 5) is 47.5. The number of aliphatic carboxylic acids is 1. The maximum atomic E-state index is 14.3. The summed E-state index contributed by atoms with van der Waals surface area (Å²) < 4.78 is 459. The molecule has 0 aromatic heterocycles. The molecular formula is C31H23F34NO5. The summed E-state index contributed by atoms with van der Waals surface area (Å²) in [5.74, 6) is -126. The van der Waals surface area contributed by atoms with Gasteiger partial charge in [-0.15, -0.1) is 0 Å². The molecule has 0 aromatic carbocycles. The molecule has 0 aromatic rings. The second-order valence-electron chi connectivity index (χ2n) is 14.6. The molecule has 6 nitrogen and oxygen atoms in total. The van der Waals surface area contributed by atoms with E-state index in [0.717, 1.165) is 0 Å². The summed E-state index contributed by atoms with van der Waals surface area (Å²) in [6.07, 6.45) is -36.2. The van der Waals surface area contributed by atoms with Crippen LogP contribution in [0.2, 0.25) is 0 Å². The van der Waals surface area contributed by atoms with Gasteiger partial charge in [0.2, 0.25) is 5.91 Å². The number of nitrogens with one attached hydrogen (secondary N) is 1. The SMILES string of the molecule is O=C(O)CCC(=O)NC(CCC(=O)CCCC(F)(F)C(F)(F)C(F)(F)C(F)(F)C(F)(F)C(F)(F)C(F)(F)C(F)(F)F)C(=O)CCCC(F)(F)C(F)(F)C(F)(F)C(F)(F)C(F)(F)C(F)(F)C(F)(F)C(F)(F)F. The lowest BCUT2D eigenvalue weighted by atomic mass is 9.87. The third kappa shape index (κ3) is 11.4. The molecule has 2 N–H and O–H groups in total. The molecule has 0 rings (SSSR count). The van der Waals surface area contributed by atoms with Gasteiger partial charge < -0.3 is 10.4 Å². The van der Waals surface area contributed by atoms with Gasteiger partial charge in [0.25, 0.3) is 0 Å². The maximum Gasteiger partial charge on any atom is 0.460 e. The summed E-state index contributed by atoms with van der Waals surface area (Å²) in [7, 11) is 0. The monoisotopic (exact) mass is 1140 g/mol. The van der Waals surface area contributed by atoms with Crippen molar-refractivity contribution in [3.63, 3.8) is 0 Å². The number of rotatable bonds is 28. The number of hydrogen-bond acceptors (Lipinski definition) is 4.